The number of hydrazine groups is 1. The van der Waals surface area contributed by atoms with Crippen LogP contribution in [0.25, 0.3) is 0 Å². The molecule has 1 heterocycles. The Morgan fingerprint density at radius 1 is 1.47 bits per heavy atom. The van der Waals surface area contributed by atoms with Crippen LogP contribution in [-0.4, -0.2) is 40.6 Å². The number of carbonyl (C=O) groups excluding carboxylic acids is 1. The van der Waals surface area contributed by atoms with Crippen molar-refractivity contribution in [2.24, 2.45) is 5.84 Å². The number of nitrogens with two attached hydrogens (primary N) is 1. The molecule has 1 amide bonds. The van der Waals surface area contributed by atoms with Crippen LogP contribution in [0.1, 0.15) is 18.9 Å². The average Bonchev–Trinajstić information content (AvgIpc) is 2.76. The number of hydrogen-bond acceptors (Lipinski definition) is 7. The molecule has 0 aliphatic heterocycles. The lowest BCUT2D eigenvalue weighted by atomic mass is 10.4. The van der Waals surface area contributed by atoms with Crippen molar-refractivity contribution in [1.29, 1.82) is 0 Å². The quantitative estimate of drug-likeness (QED) is 0.462. The topological polar surface area (TPSA) is 96.2 Å². The van der Waals surface area contributed by atoms with Crippen LogP contribution >= 0.6 is 11.3 Å². The van der Waals surface area contributed by atoms with Gasteiger partial charge < -0.3 is 5.32 Å². The highest BCUT2D eigenvalue weighted by Crippen LogP contribution is 2.15. The SMILES string of the molecule is CCNC(=O)CN(CC)Cc1nnc(NN)s1. The maximum absolute atomic E-state index is 11.4. The van der Waals surface area contributed by atoms with E-state index in [1.165, 1.54) is 11.3 Å². The number of carbonyl (C=O) groups is 1. The number of nitrogens with one attached hydrogen (secondary N) is 2. The predicted molar refractivity (Wildman–Crippen MR) is 67.4 cm³/mol. The van der Waals surface area contributed by atoms with Crippen LogP contribution in [0.5, 0.6) is 0 Å². The summed E-state index contributed by atoms with van der Waals surface area (Å²) in [6.45, 7) is 6.31. The molecule has 8 heteroatoms. The molecule has 0 bridgehead atoms. The molecule has 1 aromatic heterocycles. The summed E-state index contributed by atoms with van der Waals surface area (Å²) in [6.07, 6.45) is 0. The second-order valence-corrected chi connectivity index (χ2v) is 4.46. The first-order chi connectivity index (χ1) is 8.19. The molecule has 0 aliphatic rings. The van der Waals surface area contributed by atoms with E-state index in [1.807, 2.05) is 18.7 Å². The van der Waals surface area contributed by atoms with Crippen molar-refractivity contribution < 1.29 is 4.79 Å². The Balaban J connectivity index is 2.48. The van der Waals surface area contributed by atoms with Gasteiger partial charge in [-0.05, 0) is 13.5 Å². The molecular weight excluding hydrogens is 240 g/mol. The molecule has 0 aliphatic carbocycles. The third kappa shape index (κ3) is 4.63. The zero-order chi connectivity index (χ0) is 12.7. The van der Waals surface area contributed by atoms with Crippen molar-refractivity contribution in [1.82, 2.24) is 20.4 Å². The van der Waals surface area contributed by atoms with Crippen LogP contribution in [0.4, 0.5) is 5.13 Å². The zero-order valence-corrected chi connectivity index (χ0v) is 10.9. The molecule has 17 heavy (non-hydrogen) atoms. The molecular formula is C9H18N6OS. The number of anilines is 1. The van der Waals surface area contributed by atoms with Gasteiger partial charge in [0.15, 0.2) is 0 Å². The minimum absolute atomic E-state index is 0.0241. The Hall–Kier alpha value is -1.25. The van der Waals surface area contributed by atoms with Crippen molar-refractivity contribution in [3.05, 3.63) is 5.01 Å². The van der Waals surface area contributed by atoms with Crippen LogP contribution in [0.2, 0.25) is 0 Å². The highest BCUT2D eigenvalue weighted by atomic mass is 32.1. The minimum Gasteiger partial charge on any atom is -0.355 e. The molecule has 0 saturated heterocycles. The first kappa shape index (κ1) is 13.8. The van der Waals surface area contributed by atoms with Gasteiger partial charge in [0.25, 0.3) is 0 Å². The molecule has 0 aromatic carbocycles. The lowest BCUT2D eigenvalue weighted by molar-refractivity contribution is -0.122. The minimum atomic E-state index is 0.0241. The van der Waals surface area contributed by atoms with Gasteiger partial charge in [0, 0.05) is 6.54 Å². The summed E-state index contributed by atoms with van der Waals surface area (Å²) in [6, 6.07) is 0. The van der Waals surface area contributed by atoms with E-state index < -0.39 is 0 Å². The number of amides is 1. The van der Waals surface area contributed by atoms with Gasteiger partial charge in [-0.1, -0.05) is 18.3 Å². The van der Waals surface area contributed by atoms with Gasteiger partial charge in [-0.15, -0.1) is 10.2 Å². The second kappa shape index (κ2) is 7.15. The summed E-state index contributed by atoms with van der Waals surface area (Å²) >= 11 is 1.39. The van der Waals surface area contributed by atoms with Crippen LogP contribution in [-0.2, 0) is 11.3 Å². The second-order valence-electron chi connectivity index (χ2n) is 3.40. The summed E-state index contributed by atoms with van der Waals surface area (Å²) in [5.74, 6) is 5.25. The summed E-state index contributed by atoms with van der Waals surface area (Å²) in [4.78, 5) is 13.4. The van der Waals surface area contributed by atoms with E-state index in [-0.39, 0.29) is 5.91 Å². The van der Waals surface area contributed by atoms with Gasteiger partial charge in [0.1, 0.15) is 5.01 Å². The van der Waals surface area contributed by atoms with Crippen LogP contribution in [0, 0.1) is 0 Å². The van der Waals surface area contributed by atoms with Crippen LogP contribution in [0.3, 0.4) is 0 Å². The zero-order valence-electron chi connectivity index (χ0n) is 10.1. The third-order valence-corrected chi connectivity index (χ3v) is 2.98. The Labute approximate surface area is 104 Å². The number of likely N-dealkylation sites (N-methyl/N-ethyl adjacent to an activating group) is 2. The van der Waals surface area contributed by atoms with Crippen molar-refractivity contribution in [3.63, 3.8) is 0 Å². The van der Waals surface area contributed by atoms with Gasteiger partial charge in [-0.2, -0.15) is 0 Å². The molecule has 7 nitrogen and oxygen atoms in total. The highest BCUT2D eigenvalue weighted by Gasteiger charge is 2.11. The van der Waals surface area contributed by atoms with Crippen molar-refractivity contribution in [2.45, 2.75) is 20.4 Å². The smallest absolute Gasteiger partial charge is 0.234 e. The summed E-state index contributed by atoms with van der Waals surface area (Å²) in [5, 5.41) is 12.0. The van der Waals surface area contributed by atoms with Crippen LogP contribution < -0.4 is 16.6 Å². The van der Waals surface area contributed by atoms with E-state index in [0.29, 0.717) is 24.8 Å². The number of aromatic nitrogens is 2. The lowest BCUT2D eigenvalue weighted by Gasteiger charge is -2.17. The summed E-state index contributed by atoms with van der Waals surface area (Å²) in [7, 11) is 0. The highest BCUT2D eigenvalue weighted by molar-refractivity contribution is 7.15. The van der Waals surface area contributed by atoms with E-state index >= 15 is 0 Å². The number of hydrogen-bond donors (Lipinski definition) is 3. The average molecular weight is 258 g/mol. The molecule has 0 unspecified atom stereocenters. The fourth-order valence-electron chi connectivity index (χ4n) is 1.30. The van der Waals surface area contributed by atoms with E-state index in [1.54, 1.807) is 0 Å². The first-order valence-corrected chi connectivity index (χ1v) is 6.29. The van der Waals surface area contributed by atoms with Gasteiger partial charge >= 0.3 is 0 Å². The molecule has 0 saturated carbocycles. The fourth-order valence-corrected chi connectivity index (χ4v) is 2.00. The fraction of sp³-hybridized carbons (Fsp3) is 0.667. The Kier molecular flexibility index (Phi) is 5.81. The number of rotatable bonds is 7. The standard InChI is InChI=1S/C9H18N6OS/c1-3-11-7(16)5-15(4-2)6-8-13-14-9(12-10)17-8/h3-6,10H2,1-2H3,(H,11,16)(H,12,14). The largest absolute Gasteiger partial charge is 0.355 e. The van der Waals surface area contributed by atoms with E-state index in [4.69, 9.17) is 5.84 Å². The molecule has 0 atom stereocenters. The monoisotopic (exact) mass is 258 g/mol. The van der Waals surface area contributed by atoms with E-state index in [0.717, 1.165) is 11.6 Å². The first-order valence-electron chi connectivity index (χ1n) is 5.47. The van der Waals surface area contributed by atoms with Gasteiger partial charge in [-0.3, -0.25) is 15.1 Å². The molecule has 0 fully saturated rings. The van der Waals surface area contributed by atoms with Crippen molar-refractivity contribution in [3.8, 4) is 0 Å². The molecule has 0 spiro atoms. The van der Waals surface area contributed by atoms with Crippen LogP contribution in [0.15, 0.2) is 0 Å². The maximum atomic E-state index is 11.4. The van der Waals surface area contributed by atoms with Gasteiger partial charge in [0.05, 0.1) is 13.1 Å². The Morgan fingerprint density at radius 2 is 2.24 bits per heavy atom. The van der Waals surface area contributed by atoms with Crippen molar-refractivity contribution in [2.75, 3.05) is 25.1 Å². The maximum Gasteiger partial charge on any atom is 0.234 e. The molecule has 1 rings (SSSR count). The Bertz CT molecular complexity index is 355. The normalized spacial score (nSPS) is 10.6. The summed E-state index contributed by atoms with van der Waals surface area (Å²) in [5.41, 5.74) is 2.45. The van der Waals surface area contributed by atoms with Gasteiger partial charge in [-0.25, -0.2) is 5.84 Å². The number of nitrogens with zero attached hydrogens (tertiary/aromatic N) is 3. The predicted octanol–water partition coefficient (Wildman–Crippen LogP) is -0.218. The number of nitrogen functional groups attached to an aromatic ring is 1. The van der Waals surface area contributed by atoms with E-state index in [9.17, 15) is 4.79 Å². The molecule has 0 radical (unpaired) electrons. The Morgan fingerprint density at radius 3 is 2.76 bits per heavy atom. The lowest BCUT2D eigenvalue weighted by Crippen LogP contribution is -2.36. The van der Waals surface area contributed by atoms with E-state index in [2.05, 4.69) is 20.9 Å². The molecule has 4 N–H and O–H groups in total. The van der Waals surface area contributed by atoms with Crippen molar-refractivity contribution >= 4 is 22.4 Å². The third-order valence-electron chi connectivity index (χ3n) is 2.14. The molecule has 1 aromatic rings. The van der Waals surface area contributed by atoms with Gasteiger partial charge in [0.2, 0.25) is 11.0 Å². The summed E-state index contributed by atoms with van der Waals surface area (Å²) < 4.78 is 0. The molecule has 96 valence electrons.